The highest BCUT2D eigenvalue weighted by Gasteiger charge is 2.22. The van der Waals surface area contributed by atoms with Crippen molar-refractivity contribution in [2.75, 3.05) is 0 Å². The standard InChI is InChI=1S/C11H15N/c1-8-6-7-9-4-2-3-5-10(9)11(8)12/h2-5,8,11H,6-7,12H2,1H3/t8-,11-/m0/s1. The van der Waals surface area contributed by atoms with Crippen molar-refractivity contribution in [2.45, 2.75) is 25.8 Å². The van der Waals surface area contributed by atoms with Crippen LogP contribution in [0.3, 0.4) is 0 Å². The van der Waals surface area contributed by atoms with Crippen LogP contribution in [0.4, 0.5) is 0 Å². The van der Waals surface area contributed by atoms with Crippen LogP contribution in [-0.4, -0.2) is 0 Å². The molecule has 1 aliphatic carbocycles. The molecular weight excluding hydrogens is 146 g/mol. The van der Waals surface area contributed by atoms with Crippen LogP contribution in [-0.2, 0) is 6.42 Å². The first-order valence-corrected chi connectivity index (χ1v) is 4.62. The normalized spacial score (nSPS) is 28.2. The smallest absolute Gasteiger partial charge is 0.0323 e. The van der Waals surface area contributed by atoms with Crippen LogP contribution < -0.4 is 5.73 Å². The lowest BCUT2D eigenvalue weighted by Gasteiger charge is -2.28. The van der Waals surface area contributed by atoms with Gasteiger partial charge in [-0.2, -0.15) is 0 Å². The lowest BCUT2D eigenvalue weighted by atomic mass is 9.81. The van der Waals surface area contributed by atoms with Crippen LogP contribution >= 0.6 is 0 Å². The third-order valence-corrected chi connectivity index (χ3v) is 2.90. The summed E-state index contributed by atoms with van der Waals surface area (Å²) in [4.78, 5) is 0. The fourth-order valence-corrected chi connectivity index (χ4v) is 1.96. The quantitative estimate of drug-likeness (QED) is 0.620. The molecule has 1 nitrogen and oxygen atoms in total. The molecule has 2 N–H and O–H groups in total. The predicted octanol–water partition coefficient (Wildman–Crippen LogP) is 2.27. The number of fused-ring (bicyclic) bond motifs is 1. The maximum absolute atomic E-state index is 6.09. The Bertz CT molecular complexity index is 280. The topological polar surface area (TPSA) is 26.0 Å². The van der Waals surface area contributed by atoms with Crippen molar-refractivity contribution in [1.82, 2.24) is 0 Å². The molecule has 0 aromatic heterocycles. The molecule has 0 heterocycles. The first kappa shape index (κ1) is 7.81. The van der Waals surface area contributed by atoms with Gasteiger partial charge >= 0.3 is 0 Å². The third-order valence-electron chi connectivity index (χ3n) is 2.90. The molecule has 0 aliphatic heterocycles. The molecule has 0 spiro atoms. The summed E-state index contributed by atoms with van der Waals surface area (Å²) in [5.74, 6) is 0.639. The number of aryl methyl sites for hydroxylation is 1. The van der Waals surface area contributed by atoms with E-state index in [4.69, 9.17) is 5.73 Å². The van der Waals surface area contributed by atoms with Crippen molar-refractivity contribution in [3.8, 4) is 0 Å². The lowest BCUT2D eigenvalue weighted by molar-refractivity contribution is 0.412. The average molecular weight is 161 g/mol. The van der Waals surface area contributed by atoms with Gasteiger partial charge in [-0.05, 0) is 29.9 Å². The molecule has 2 atom stereocenters. The summed E-state index contributed by atoms with van der Waals surface area (Å²) in [5, 5.41) is 0. The van der Waals surface area contributed by atoms with Crippen molar-refractivity contribution in [3.05, 3.63) is 35.4 Å². The Balaban J connectivity index is 2.42. The number of hydrogen-bond acceptors (Lipinski definition) is 1. The first-order chi connectivity index (χ1) is 5.79. The molecule has 0 saturated heterocycles. The number of rotatable bonds is 0. The monoisotopic (exact) mass is 161 g/mol. The highest BCUT2D eigenvalue weighted by atomic mass is 14.7. The van der Waals surface area contributed by atoms with Gasteiger partial charge in [0, 0.05) is 6.04 Å². The SMILES string of the molecule is C[C@H]1CCc2ccccc2[C@H]1N. The minimum atomic E-state index is 0.259. The van der Waals surface area contributed by atoms with Crippen molar-refractivity contribution >= 4 is 0 Å². The van der Waals surface area contributed by atoms with E-state index in [0.29, 0.717) is 5.92 Å². The molecule has 1 heteroatoms. The molecular formula is C11H15N. The zero-order valence-corrected chi connectivity index (χ0v) is 7.46. The lowest BCUT2D eigenvalue weighted by Crippen LogP contribution is -2.25. The fourth-order valence-electron chi connectivity index (χ4n) is 1.96. The van der Waals surface area contributed by atoms with E-state index in [2.05, 4.69) is 31.2 Å². The molecule has 1 aromatic carbocycles. The minimum Gasteiger partial charge on any atom is -0.324 e. The van der Waals surface area contributed by atoms with E-state index in [0.717, 1.165) is 0 Å². The number of benzene rings is 1. The number of nitrogens with two attached hydrogens (primary N) is 1. The second-order valence-electron chi connectivity index (χ2n) is 3.74. The average Bonchev–Trinajstić information content (AvgIpc) is 2.12. The van der Waals surface area contributed by atoms with Gasteiger partial charge in [0.15, 0.2) is 0 Å². The summed E-state index contributed by atoms with van der Waals surface area (Å²) >= 11 is 0. The Kier molecular flexibility index (Phi) is 1.89. The molecule has 1 aromatic rings. The molecule has 0 bridgehead atoms. The maximum atomic E-state index is 6.09. The van der Waals surface area contributed by atoms with Gasteiger partial charge in [0.25, 0.3) is 0 Å². The van der Waals surface area contributed by atoms with Crippen molar-refractivity contribution in [2.24, 2.45) is 11.7 Å². The Labute approximate surface area is 73.6 Å². The summed E-state index contributed by atoms with van der Waals surface area (Å²) in [7, 11) is 0. The van der Waals surface area contributed by atoms with Crippen molar-refractivity contribution in [3.63, 3.8) is 0 Å². The zero-order valence-electron chi connectivity index (χ0n) is 7.46. The minimum absolute atomic E-state index is 0.259. The van der Waals surface area contributed by atoms with E-state index < -0.39 is 0 Å². The van der Waals surface area contributed by atoms with Crippen LogP contribution in [0.5, 0.6) is 0 Å². The van der Waals surface area contributed by atoms with E-state index in [1.54, 1.807) is 0 Å². The Hall–Kier alpha value is -0.820. The molecule has 0 unspecified atom stereocenters. The number of hydrogen-bond donors (Lipinski definition) is 1. The summed E-state index contributed by atoms with van der Waals surface area (Å²) in [6.07, 6.45) is 2.43. The summed E-state index contributed by atoms with van der Waals surface area (Å²) < 4.78 is 0. The fraction of sp³-hybridized carbons (Fsp3) is 0.455. The zero-order chi connectivity index (χ0) is 8.55. The summed E-state index contributed by atoms with van der Waals surface area (Å²) in [6.45, 7) is 2.24. The predicted molar refractivity (Wildman–Crippen MR) is 50.9 cm³/mol. The molecule has 0 amide bonds. The second-order valence-corrected chi connectivity index (χ2v) is 3.74. The first-order valence-electron chi connectivity index (χ1n) is 4.62. The van der Waals surface area contributed by atoms with Gasteiger partial charge in [0.05, 0.1) is 0 Å². The van der Waals surface area contributed by atoms with Crippen molar-refractivity contribution in [1.29, 1.82) is 0 Å². The molecule has 1 aliphatic rings. The van der Waals surface area contributed by atoms with Gasteiger partial charge in [-0.25, -0.2) is 0 Å². The van der Waals surface area contributed by atoms with Gasteiger partial charge in [0.1, 0.15) is 0 Å². The Morgan fingerprint density at radius 3 is 2.92 bits per heavy atom. The molecule has 0 saturated carbocycles. The second kappa shape index (κ2) is 2.91. The van der Waals surface area contributed by atoms with Gasteiger partial charge < -0.3 is 5.73 Å². The maximum Gasteiger partial charge on any atom is 0.0323 e. The van der Waals surface area contributed by atoms with Gasteiger partial charge in [-0.1, -0.05) is 31.2 Å². The van der Waals surface area contributed by atoms with Crippen LogP contribution in [0, 0.1) is 5.92 Å². The van der Waals surface area contributed by atoms with Gasteiger partial charge in [-0.3, -0.25) is 0 Å². The molecule has 0 radical (unpaired) electrons. The summed E-state index contributed by atoms with van der Waals surface area (Å²) in [6, 6.07) is 8.80. The molecule has 64 valence electrons. The van der Waals surface area contributed by atoms with E-state index in [1.165, 1.54) is 24.0 Å². The molecule has 0 fully saturated rings. The largest absolute Gasteiger partial charge is 0.324 e. The van der Waals surface area contributed by atoms with Crippen LogP contribution in [0.1, 0.15) is 30.5 Å². The van der Waals surface area contributed by atoms with Gasteiger partial charge in [-0.15, -0.1) is 0 Å². The Morgan fingerprint density at radius 2 is 2.08 bits per heavy atom. The van der Waals surface area contributed by atoms with Crippen LogP contribution in [0.15, 0.2) is 24.3 Å². The van der Waals surface area contributed by atoms with E-state index >= 15 is 0 Å². The van der Waals surface area contributed by atoms with Crippen molar-refractivity contribution < 1.29 is 0 Å². The van der Waals surface area contributed by atoms with E-state index in [9.17, 15) is 0 Å². The van der Waals surface area contributed by atoms with E-state index in [-0.39, 0.29) is 6.04 Å². The highest BCUT2D eigenvalue weighted by molar-refractivity contribution is 5.32. The molecule has 12 heavy (non-hydrogen) atoms. The third kappa shape index (κ3) is 1.14. The van der Waals surface area contributed by atoms with Crippen LogP contribution in [0.25, 0.3) is 0 Å². The summed E-state index contributed by atoms with van der Waals surface area (Å²) in [5.41, 5.74) is 8.89. The van der Waals surface area contributed by atoms with E-state index in [1.807, 2.05) is 0 Å². The Morgan fingerprint density at radius 1 is 1.33 bits per heavy atom. The van der Waals surface area contributed by atoms with Gasteiger partial charge in [0.2, 0.25) is 0 Å². The molecule has 2 rings (SSSR count). The van der Waals surface area contributed by atoms with Crippen LogP contribution in [0.2, 0.25) is 0 Å². The highest BCUT2D eigenvalue weighted by Crippen LogP contribution is 2.31.